The normalized spacial score (nSPS) is 11.6. The van der Waals surface area contributed by atoms with Gasteiger partial charge in [-0.15, -0.1) is 0 Å². The van der Waals surface area contributed by atoms with Gasteiger partial charge in [0.15, 0.2) is 0 Å². The monoisotopic (exact) mass is 346 g/mol. The van der Waals surface area contributed by atoms with Crippen molar-refractivity contribution in [3.05, 3.63) is 64.7 Å². The number of benzene rings is 2. The van der Waals surface area contributed by atoms with Crippen LogP contribution in [0.3, 0.4) is 0 Å². The Hall–Kier alpha value is -2.37. The first kappa shape index (κ1) is 18.0. The molecule has 5 nitrogen and oxygen atoms in total. The van der Waals surface area contributed by atoms with Crippen LogP contribution in [0.2, 0.25) is 5.02 Å². The molecule has 0 bridgehead atoms. The fourth-order valence-corrected chi connectivity index (χ4v) is 2.33. The average Bonchev–Trinajstić information content (AvgIpc) is 2.57. The summed E-state index contributed by atoms with van der Waals surface area (Å²) in [6.07, 6.45) is -0.368. The molecule has 2 aromatic rings. The fraction of sp³-hybridized carbons (Fsp3) is 0.222. The Labute approximate surface area is 145 Å². The van der Waals surface area contributed by atoms with E-state index in [-0.39, 0.29) is 6.54 Å². The Kier molecular flexibility index (Phi) is 6.35. The predicted molar refractivity (Wildman–Crippen MR) is 94.0 cm³/mol. The van der Waals surface area contributed by atoms with Gasteiger partial charge in [-0.3, -0.25) is 9.59 Å². The number of carbonyl (C=O) groups is 2. The van der Waals surface area contributed by atoms with Crippen molar-refractivity contribution in [2.45, 2.75) is 19.4 Å². The third kappa shape index (κ3) is 5.37. The molecule has 0 unspecified atom stereocenters. The molecule has 24 heavy (non-hydrogen) atoms. The second-order valence-corrected chi connectivity index (χ2v) is 5.90. The van der Waals surface area contributed by atoms with Gasteiger partial charge in [0.2, 0.25) is 0 Å². The number of aliphatic hydroxyl groups excluding tert-OH is 1. The zero-order valence-corrected chi connectivity index (χ0v) is 14.0. The Bertz CT molecular complexity index is 719. The summed E-state index contributed by atoms with van der Waals surface area (Å²) in [5, 5.41) is 15.3. The van der Waals surface area contributed by atoms with E-state index in [1.54, 1.807) is 25.1 Å². The highest BCUT2D eigenvalue weighted by atomic mass is 35.5. The lowest BCUT2D eigenvalue weighted by molar-refractivity contribution is -0.136. The van der Waals surface area contributed by atoms with Crippen LogP contribution in [0, 0.1) is 6.92 Å². The molecule has 0 aliphatic heterocycles. The molecule has 0 radical (unpaired) electrons. The van der Waals surface area contributed by atoms with Crippen molar-refractivity contribution in [1.29, 1.82) is 0 Å². The van der Waals surface area contributed by atoms with Gasteiger partial charge >= 0.3 is 11.8 Å². The van der Waals surface area contributed by atoms with Crippen LogP contribution in [0.4, 0.5) is 5.69 Å². The number of aryl methyl sites for hydroxylation is 1. The molecule has 126 valence electrons. The maximum atomic E-state index is 11.9. The van der Waals surface area contributed by atoms with E-state index < -0.39 is 17.9 Å². The molecule has 6 heteroatoms. The third-order valence-electron chi connectivity index (χ3n) is 3.47. The lowest BCUT2D eigenvalue weighted by atomic mass is 10.1. The summed E-state index contributed by atoms with van der Waals surface area (Å²) in [4.78, 5) is 23.7. The molecule has 0 aliphatic carbocycles. The second kappa shape index (κ2) is 8.47. The summed E-state index contributed by atoms with van der Waals surface area (Å²) in [6, 6.07) is 14.4. The largest absolute Gasteiger partial charge is 0.391 e. The zero-order valence-electron chi connectivity index (χ0n) is 13.3. The van der Waals surface area contributed by atoms with Crippen LogP contribution >= 0.6 is 11.6 Å². The Morgan fingerprint density at radius 2 is 1.83 bits per heavy atom. The number of carbonyl (C=O) groups excluding carboxylic acids is 2. The van der Waals surface area contributed by atoms with Crippen molar-refractivity contribution in [3.8, 4) is 0 Å². The van der Waals surface area contributed by atoms with Gasteiger partial charge in [0, 0.05) is 23.7 Å². The van der Waals surface area contributed by atoms with Crippen molar-refractivity contribution in [2.75, 3.05) is 11.9 Å². The topological polar surface area (TPSA) is 78.4 Å². The first-order chi connectivity index (χ1) is 11.5. The smallest absolute Gasteiger partial charge is 0.313 e. The van der Waals surface area contributed by atoms with E-state index in [2.05, 4.69) is 10.6 Å². The molecule has 0 fully saturated rings. The highest BCUT2D eigenvalue weighted by Crippen LogP contribution is 2.19. The molecule has 2 aromatic carbocycles. The van der Waals surface area contributed by atoms with E-state index in [1.807, 2.05) is 30.3 Å². The number of rotatable bonds is 5. The number of halogens is 1. The molecule has 0 saturated carbocycles. The van der Waals surface area contributed by atoms with Gasteiger partial charge in [-0.25, -0.2) is 0 Å². The van der Waals surface area contributed by atoms with Gasteiger partial charge in [-0.2, -0.15) is 0 Å². The van der Waals surface area contributed by atoms with E-state index in [0.717, 1.165) is 11.1 Å². The summed E-state index contributed by atoms with van der Waals surface area (Å²) in [6.45, 7) is 1.79. The van der Waals surface area contributed by atoms with Gasteiger partial charge < -0.3 is 15.7 Å². The van der Waals surface area contributed by atoms with E-state index in [0.29, 0.717) is 17.1 Å². The lowest BCUT2D eigenvalue weighted by Crippen LogP contribution is -2.40. The first-order valence-electron chi connectivity index (χ1n) is 7.53. The summed E-state index contributed by atoms with van der Waals surface area (Å²) in [5.74, 6) is -1.60. The molecule has 1 atom stereocenters. The molecule has 0 aromatic heterocycles. The average molecular weight is 347 g/mol. The molecule has 0 spiro atoms. The van der Waals surface area contributed by atoms with Crippen LogP contribution in [0.25, 0.3) is 0 Å². The fourth-order valence-electron chi connectivity index (χ4n) is 2.16. The van der Waals surface area contributed by atoms with Crippen molar-refractivity contribution in [1.82, 2.24) is 5.32 Å². The van der Waals surface area contributed by atoms with Gasteiger partial charge in [0.25, 0.3) is 0 Å². The number of amides is 2. The Morgan fingerprint density at radius 1 is 1.12 bits per heavy atom. The number of hydrogen-bond acceptors (Lipinski definition) is 3. The number of anilines is 1. The van der Waals surface area contributed by atoms with E-state index in [9.17, 15) is 14.7 Å². The van der Waals surface area contributed by atoms with Gasteiger partial charge in [-0.05, 0) is 30.2 Å². The molecule has 0 saturated heterocycles. The molecule has 2 rings (SSSR count). The lowest BCUT2D eigenvalue weighted by Gasteiger charge is -2.12. The van der Waals surface area contributed by atoms with Gasteiger partial charge in [0.05, 0.1) is 6.10 Å². The number of hydrogen-bond donors (Lipinski definition) is 3. The maximum absolute atomic E-state index is 11.9. The van der Waals surface area contributed by atoms with Crippen molar-refractivity contribution in [3.63, 3.8) is 0 Å². The predicted octanol–water partition coefficient (Wildman–Crippen LogP) is 2.31. The van der Waals surface area contributed by atoms with Crippen LogP contribution in [0.15, 0.2) is 48.5 Å². The highest BCUT2D eigenvalue weighted by molar-refractivity contribution is 6.40. The van der Waals surface area contributed by atoms with Crippen molar-refractivity contribution >= 4 is 29.1 Å². The molecular formula is C18H19ClN2O3. The SMILES string of the molecule is Cc1ccc(Cl)cc1NC(=O)C(=O)NC[C@H](O)Cc1ccccc1. The third-order valence-corrected chi connectivity index (χ3v) is 3.70. The Morgan fingerprint density at radius 3 is 2.54 bits per heavy atom. The molecular weight excluding hydrogens is 328 g/mol. The van der Waals surface area contributed by atoms with Crippen molar-refractivity contribution in [2.24, 2.45) is 0 Å². The molecule has 0 aliphatic rings. The summed E-state index contributed by atoms with van der Waals surface area (Å²) in [5.41, 5.74) is 2.23. The van der Waals surface area contributed by atoms with Crippen LogP contribution in [-0.2, 0) is 16.0 Å². The first-order valence-corrected chi connectivity index (χ1v) is 7.91. The molecule has 0 heterocycles. The summed E-state index contributed by atoms with van der Waals surface area (Å²) in [7, 11) is 0. The number of aliphatic hydroxyl groups is 1. The quantitative estimate of drug-likeness (QED) is 0.727. The van der Waals surface area contributed by atoms with E-state index >= 15 is 0 Å². The summed E-state index contributed by atoms with van der Waals surface area (Å²) >= 11 is 5.87. The minimum absolute atomic E-state index is 0.00429. The van der Waals surface area contributed by atoms with Crippen LogP contribution in [0.5, 0.6) is 0 Å². The van der Waals surface area contributed by atoms with Crippen LogP contribution < -0.4 is 10.6 Å². The van der Waals surface area contributed by atoms with Crippen LogP contribution in [0.1, 0.15) is 11.1 Å². The highest BCUT2D eigenvalue weighted by Gasteiger charge is 2.16. The van der Waals surface area contributed by atoms with E-state index in [4.69, 9.17) is 11.6 Å². The van der Waals surface area contributed by atoms with Crippen molar-refractivity contribution < 1.29 is 14.7 Å². The van der Waals surface area contributed by atoms with Gasteiger partial charge in [-0.1, -0.05) is 48.0 Å². The van der Waals surface area contributed by atoms with Crippen LogP contribution in [-0.4, -0.2) is 29.6 Å². The second-order valence-electron chi connectivity index (χ2n) is 5.47. The zero-order chi connectivity index (χ0) is 17.5. The minimum Gasteiger partial charge on any atom is -0.391 e. The Balaban J connectivity index is 1.83. The molecule has 3 N–H and O–H groups in total. The molecule has 2 amide bonds. The number of nitrogens with one attached hydrogen (secondary N) is 2. The van der Waals surface area contributed by atoms with E-state index in [1.165, 1.54) is 0 Å². The van der Waals surface area contributed by atoms with Gasteiger partial charge in [0.1, 0.15) is 0 Å². The minimum atomic E-state index is -0.804. The summed E-state index contributed by atoms with van der Waals surface area (Å²) < 4.78 is 0. The standard InChI is InChI=1S/C18H19ClN2O3/c1-12-7-8-14(19)10-16(12)21-18(24)17(23)20-11-15(22)9-13-5-3-2-4-6-13/h2-8,10,15,22H,9,11H2,1H3,(H,20,23)(H,21,24)/t15-/m1/s1. The maximum Gasteiger partial charge on any atom is 0.313 e.